The molecule has 0 radical (unpaired) electrons. The predicted molar refractivity (Wildman–Crippen MR) is 60.6 cm³/mol. The fourth-order valence-electron chi connectivity index (χ4n) is 1.82. The SMILES string of the molecule is NCCC(c1ccc(F)cc1)c1ccco1. The van der Waals surface area contributed by atoms with Crippen LogP contribution in [0.5, 0.6) is 0 Å². The molecule has 0 spiro atoms. The van der Waals surface area contributed by atoms with E-state index in [1.54, 1.807) is 18.4 Å². The molecule has 0 fully saturated rings. The van der Waals surface area contributed by atoms with E-state index in [1.165, 1.54) is 12.1 Å². The number of hydrogen-bond acceptors (Lipinski definition) is 2. The normalized spacial score (nSPS) is 12.6. The lowest BCUT2D eigenvalue weighted by atomic mass is 9.93. The topological polar surface area (TPSA) is 39.2 Å². The average molecular weight is 219 g/mol. The fourth-order valence-corrected chi connectivity index (χ4v) is 1.82. The van der Waals surface area contributed by atoms with Crippen LogP contribution in [0.3, 0.4) is 0 Å². The van der Waals surface area contributed by atoms with Crippen LogP contribution < -0.4 is 5.73 Å². The van der Waals surface area contributed by atoms with E-state index < -0.39 is 0 Å². The Morgan fingerprint density at radius 1 is 1.19 bits per heavy atom. The van der Waals surface area contributed by atoms with Gasteiger partial charge >= 0.3 is 0 Å². The molecule has 1 aromatic carbocycles. The average Bonchev–Trinajstić information content (AvgIpc) is 2.81. The Hall–Kier alpha value is -1.61. The fraction of sp³-hybridized carbons (Fsp3) is 0.231. The summed E-state index contributed by atoms with van der Waals surface area (Å²) in [6.45, 7) is 0.572. The molecule has 0 saturated carbocycles. The van der Waals surface area contributed by atoms with Crippen LogP contribution >= 0.6 is 0 Å². The van der Waals surface area contributed by atoms with Crippen LogP contribution in [0.15, 0.2) is 47.1 Å². The smallest absolute Gasteiger partial charge is 0.123 e. The Balaban J connectivity index is 2.29. The minimum absolute atomic E-state index is 0.112. The van der Waals surface area contributed by atoms with Crippen LogP contribution in [0.2, 0.25) is 0 Å². The van der Waals surface area contributed by atoms with Crippen LogP contribution in [-0.4, -0.2) is 6.54 Å². The van der Waals surface area contributed by atoms with Crippen LogP contribution in [0.25, 0.3) is 0 Å². The highest BCUT2D eigenvalue weighted by Gasteiger charge is 2.15. The second kappa shape index (κ2) is 4.94. The molecule has 0 aliphatic carbocycles. The molecular weight excluding hydrogens is 205 g/mol. The van der Waals surface area contributed by atoms with Crippen molar-refractivity contribution >= 4 is 0 Å². The Morgan fingerprint density at radius 2 is 1.94 bits per heavy atom. The van der Waals surface area contributed by atoms with Crippen molar-refractivity contribution in [1.82, 2.24) is 0 Å². The van der Waals surface area contributed by atoms with Crippen molar-refractivity contribution in [2.24, 2.45) is 5.73 Å². The molecule has 1 atom stereocenters. The maximum absolute atomic E-state index is 12.8. The van der Waals surface area contributed by atoms with Crippen molar-refractivity contribution in [2.45, 2.75) is 12.3 Å². The van der Waals surface area contributed by atoms with E-state index in [9.17, 15) is 4.39 Å². The molecule has 16 heavy (non-hydrogen) atoms. The van der Waals surface area contributed by atoms with Crippen molar-refractivity contribution in [1.29, 1.82) is 0 Å². The highest BCUT2D eigenvalue weighted by Crippen LogP contribution is 2.27. The maximum atomic E-state index is 12.8. The molecule has 3 heteroatoms. The molecule has 0 saturated heterocycles. The summed E-state index contributed by atoms with van der Waals surface area (Å²) in [5.74, 6) is 0.757. The molecule has 2 nitrogen and oxygen atoms in total. The summed E-state index contributed by atoms with van der Waals surface area (Å²) < 4.78 is 18.2. The molecular formula is C13H14FNO. The molecule has 84 valence electrons. The van der Waals surface area contributed by atoms with Gasteiger partial charge in [0.25, 0.3) is 0 Å². The summed E-state index contributed by atoms with van der Waals surface area (Å²) in [4.78, 5) is 0. The highest BCUT2D eigenvalue weighted by molar-refractivity contribution is 5.27. The summed E-state index contributed by atoms with van der Waals surface area (Å²) in [7, 11) is 0. The zero-order valence-corrected chi connectivity index (χ0v) is 8.90. The zero-order valence-electron chi connectivity index (χ0n) is 8.90. The summed E-state index contributed by atoms with van der Waals surface area (Å²) in [6.07, 6.45) is 2.43. The van der Waals surface area contributed by atoms with E-state index >= 15 is 0 Å². The summed E-state index contributed by atoms with van der Waals surface area (Å²) in [5.41, 5.74) is 6.62. The molecule has 2 rings (SSSR count). The van der Waals surface area contributed by atoms with Crippen LogP contribution in [0, 0.1) is 5.82 Å². The lowest BCUT2D eigenvalue weighted by Gasteiger charge is -2.13. The number of benzene rings is 1. The van der Waals surface area contributed by atoms with Gasteiger partial charge in [-0.1, -0.05) is 12.1 Å². The molecule has 2 N–H and O–H groups in total. The second-order valence-corrected chi connectivity index (χ2v) is 3.70. The van der Waals surface area contributed by atoms with Crippen molar-refractivity contribution in [3.8, 4) is 0 Å². The number of hydrogen-bond donors (Lipinski definition) is 1. The molecule has 0 aliphatic rings. The first-order chi connectivity index (χ1) is 7.81. The summed E-state index contributed by atoms with van der Waals surface area (Å²) in [6, 6.07) is 10.2. The monoisotopic (exact) mass is 219 g/mol. The molecule has 0 amide bonds. The van der Waals surface area contributed by atoms with Crippen LogP contribution in [-0.2, 0) is 0 Å². The van der Waals surface area contributed by atoms with Crippen molar-refractivity contribution in [3.63, 3.8) is 0 Å². The van der Waals surface area contributed by atoms with Gasteiger partial charge in [0.05, 0.1) is 6.26 Å². The van der Waals surface area contributed by atoms with Gasteiger partial charge in [0, 0.05) is 5.92 Å². The minimum Gasteiger partial charge on any atom is -0.469 e. The summed E-state index contributed by atoms with van der Waals surface area (Å²) >= 11 is 0. The standard InChI is InChI=1S/C13H14FNO/c14-11-5-3-10(4-6-11)12(7-8-15)13-2-1-9-16-13/h1-6,9,12H,7-8,15H2. The van der Waals surface area contributed by atoms with Gasteiger partial charge in [-0.3, -0.25) is 0 Å². The third kappa shape index (κ3) is 2.31. The predicted octanol–water partition coefficient (Wildman–Crippen LogP) is 2.90. The zero-order chi connectivity index (χ0) is 11.4. The van der Waals surface area contributed by atoms with Crippen LogP contribution in [0.1, 0.15) is 23.7 Å². The van der Waals surface area contributed by atoms with Gasteiger partial charge in [-0.2, -0.15) is 0 Å². The molecule has 1 aromatic heterocycles. The lowest BCUT2D eigenvalue weighted by molar-refractivity contribution is 0.475. The third-order valence-electron chi connectivity index (χ3n) is 2.61. The first-order valence-electron chi connectivity index (χ1n) is 5.30. The van der Waals surface area contributed by atoms with E-state index in [0.29, 0.717) is 6.54 Å². The number of halogens is 1. The number of rotatable bonds is 4. The second-order valence-electron chi connectivity index (χ2n) is 3.70. The van der Waals surface area contributed by atoms with E-state index in [1.807, 2.05) is 12.1 Å². The van der Waals surface area contributed by atoms with Gasteiger partial charge in [0.2, 0.25) is 0 Å². The summed E-state index contributed by atoms with van der Waals surface area (Å²) in [5, 5.41) is 0. The molecule has 1 heterocycles. The Labute approximate surface area is 93.9 Å². The number of nitrogens with two attached hydrogens (primary N) is 1. The van der Waals surface area contributed by atoms with Gasteiger partial charge in [0.15, 0.2) is 0 Å². The van der Waals surface area contributed by atoms with Crippen LogP contribution in [0.4, 0.5) is 4.39 Å². The molecule has 1 unspecified atom stereocenters. The van der Waals surface area contributed by atoms with Gasteiger partial charge in [-0.25, -0.2) is 4.39 Å². The Bertz CT molecular complexity index is 422. The molecule has 0 aliphatic heterocycles. The van der Waals surface area contributed by atoms with Crippen molar-refractivity contribution in [2.75, 3.05) is 6.54 Å². The molecule has 0 bridgehead atoms. The number of furan rings is 1. The third-order valence-corrected chi connectivity index (χ3v) is 2.61. The largest absolute Gasteiger partial charge is 0.469 e. The van der Waals surface area contributed by atoms with E-state index in [-0.39, 0.29) is 11.7 Å². The van der Waals surface area contributed by atoms with Gasteiger partial charge in [-0.15, -0.1) is 0 Å². The van der Waals surface area contributed by atoms with Gasteiger partial charge < -0.3 is 10.2 Å². The lowest BCUT2D eigenvalue weighted by Crippen LogP contribution is -2.08. The van der Waals surface area contributed by atoms with Gasteiger partial charge in [-0.05, 0) is 42.8 Å². The highest BCUT2D eigenvalue weighted by atomic mass is 19.1. The Morgan fingerprint density at radius 3 is 2.50 bits per heavy atom. The van der Waals surface area contributed by atoms with Crippen molar-refractivity contribution in [3.05, 3.63) is 59.8 Å². The minimum atomic E-state index is -0.227. The van der Waals surface area contributed by atoms with Gasteiger partial charge in [0.1, 0.15) is 11.6 Å². The first-order valence-corrected chi connectivity index (χ1v) is 5.30. The maximum Gasteiger partial charge on any atom is 0.123 e. The van der Waals surface area contributed by atoms with Crippen molar-refractivity contribution < 1.29 is 8.81 Å². The van der Waals surface area contributed by atoms with E-state index in [4.69, 9.17) is 10.2 Å². The Kier molecular flexibility index (Phi) is 3.37. The molecule has 2 aromatic rings. The quantitative estimate of drug-likeness (QED) is 0.858. The first kappa shape index (κ1) is 10.9. The van der Waals surface area contributed by atoms with E-state index in [2.05, 4.69) is 0 Å². The van der Waals surface area contributed by atoms with E-state index in [0.717, 1.165) is 17.7 Å².